The van der Waals surface area contributed by atoms with Gasteiger partial charge in [-0.05, 0) is 20.8 Å². The summed E-state index contributed by atoms with van der Waals surface area (Å²) in [6.45, 7) is 5.20. The van der Waals surface area contributed by atoms with Gasteiger partial charge in [-0.2, -0.15) is 5.10 Å². The number of hydrogen-bond acceptors (Lipinski definition) is 5. The zero-order valence-electron chi connectivity index (χ0n) is 8.59. The van der Waals surface area contributed by atoms with Crippen molar-refractivity contribution in [2.45, 2.75) is 20.8 Å². The molecule has 0 saturated carbocycles. The number of esters is 1. The van der Waals surface area contributed by atoms with E-state index in [0.717, 1.165) is 0 Å². The predicted octanol–water partition coefficient (Wildman–Crippen LogP) is 0.104. The van der Waals surface area contributed by atoms with Crippen LogP contribution in [0.2, 0.25) is 0 Å². The Morgan fingerprint density at radius 3 is 2.64 bits per heavy atom. The normalized spacial score (nSPS) is 25.2. The van der Waals surface area contributed by atoms with E-state index < -0.39 is 11.4 Å². The quantitative estimate of drug-likeness (QED) is 0.516. The lowest BCUT2D eigenvalue weighted by molar-refractivity contribution is -0.154. The summed E-state index contributed by atoms with van der Waals surface area (Å²) < 4.78 is 4.88. The molecule has 0 amide bonds. The molecule has 0 bridgehead atoms. The van der Waals surface area contributed by atoms with Gasteiger partial charge in [-0.15, -0.1) is 0 Å². The molecule has 1 heterocycles. The van der Waals surface area contributed by atoms with E-state index >= 15 is 0 Å². The first kappa shape index (κ1) is 10.7. The van der Waals surface area contributed by atoms with Crippen molar-refractivity contribution in [2.24, 2.45) is 10.5 Å². The van der Waals surface area contributed by atoms with E-state index in [0.29, 0.717) is 5.71 Å². The average Bonchev–Trinajstić information content (AvgIpc) is 2.48. The van der Waals surface area contributed by atoms with E-state index in [1.54, 1.807) is 13.8 Å². The zero-order valence-corrected chi connectivity index (χ0v) is 8.59. The number of Topliss-reactive ketones (excluding diaryl/α,β-unsaturated/α-hetero) is 1. The maximum Gasteiger partial charge on any atom is 0.327 e. The van der Waals surface area contributed by atoms with Gasteiger partial charge in [0.15, 0.2) is 11.2 Å². The van der Waals surface area contributed by atoms with Gasteiger partial charge in [0.25, 0.3) is 0 Å². The van der Waals surface area contributed by atoms with Gasteiger partial charge in [0.05, 0.1) is 18.9 Å². The topological polar surface area (TPSA) is 67.8 Å². The molecule has 1 unspecified atom stereocenters. The molecule has 0 aromatic rings. The summed E-state index contributed by atoms with van der Waals surface area (Å²) in [5.41, 5.74) is 1.93. The monoisotopic (exact) mass is 198 g/mol. The molecule has 0 aliphatic carbocycles. The molecule has 14 heavy (non-hydrogen) atoms. The van der Waals surface area contributed by atoms with Crippen LogP contribution in [0.3, 0.4) is 0 Å². The second-order valence-corrected chi connectivity index (χ2v) is 3.21. The highest BCUT2D eigenvalue weighted by Gasteiger charge is 2.50. The average molecular weight is 198 g/mol. The first-order chi connectivity index (χ1) is 6.55. The number of ether oxygens (including phenoxy) is 1. The molecule has 0 aromatic heterocycles. The second-order valence-electron chi connectivity index (χ2n) is 3.21. The summed E-state index contributed by atoms with van der Waals surface area (Å²) in [4.78, 5) is 23.1. The fourth-order valence-electron chi connectivity index (χ4n) is 1.50. The number of ketones is 1. The van der Waals surface area contributed by atoms with Crippen LogP contribution < -0.4 is 5.43 Å². The first-order valence-electron chi connectivity index (χ1n) is 4.51. The van der Waals surface area contributed by atoms with Gasteiger partial charge in [-0.25, -0.2) is 0 Å². The Bertz CT molecular complexity index is 298. The van der Waals surface area contributed by atoms with Crippen LogP contribution in [0.1, 0.15) is 20.8 Å². The molecular formula is C9H14N2O3. The largest absolute Gasteiger partial charge is 0.465 e. The molecule has 1 atom stereocenters. The molecule has 5 nitrogen and oxygen atoms in total. The number of nitrogens with one attached hydrogen (secondary N) is 1. The van der Waals surface area contributed by atoms with E-state index in [9.17, 15) is 9.59 Å². The van der Waals surface area contributed by atoms with E-state index in [-0.39, 0.29) is 18.9 Å². The molecule has 78 valence electrons. The van der Waals surface area contributed by atoms with Crippen molar-refractivity contribution in [3.8, 4) is 0 Å². The fourth-order valence-corrected chi connectivity index (χ4v) is 1.50. The predicted molar refractivity (Wildman–Crippen MR) is 50.9 cm³/mol. The van der Waals surface area contributed by atoms with Gasteiger partial charge in [0.1, 0.15) is 0 Å². The number of nitrogens with zero attached hydrogens (tertiary/aromatic N) is 1. The third-order valence-electron chi connectivity index (χ3n) is 2.43. The van der Waals surface area contributed by atoms with Crippen molar-refractivity contribution in [3.05, 3.63) is 0 Å². The summed E-state index contributed by atoms with van der Waals surface area (Å²) in [7, 11) is 0. The SMILES string of the molecule is CCOC(=O)C1(C(C)=O)CNN=C1C. The van der Waals surface area contributed by atoms with Crippen molar-refractivity contribution in [1.29, 1.82) is 0 Å². The highest BCUT2D eigenvalue weighted by atomic mass is 16.5. The third kappa shape index (κ3) is 1.38. The van der Waals surface area contributed by atoms with Gasteiger partial charge in [0, 0.05) is 0 Å². The molecule has 0 spiro atoms. The van der Waals surface area contributed by atoms with Crippen LogP contribution in [0.25, 0.3) is 0 Å². The molecule has 1 aliphatic heterocycles. The Morgan fingerprint density at radius 2 is 2.29 bits per heavy atom. The van der Waals surface area contributed by atoms with Crippen molar-refractivity contribution >= 4 is 17.5 Å². The molecule has 0 saturated heterocycles. The maximum atomic E-state index is 11.7. The van der Waals surface area contributed by atoms with Crippen LogP contribution in [0.4, 0.5) is 0 Å². The fraction of sp³-hybridized carbons (Fsp3) is 0.667. The van der Waals surface area contributed by atoms with E-state index in [4.69, 9.17) is 4.74 Å². The minimum Gasteiger partial charge on any atom is -0.465 e. The summed E-state index contributed by atoms with van der Waals surface area (Å²) in [6.07, 6.45) is 0. The Morgan fingerprint density at radius 1 is 1.64 bits per heavy atom. The molecule has 0 aromatic carbocycles. The molecule has 1 N–H and O–H groups in total. The highest BCUT2D eigenvalue weighted by molar-refractivity contribution is 6.23. The standard InChI is InChI=1S/C9H14N2O3/c1-4-14-8(13)9(7(3)12)5-10-11-6(9)2/h10H,4-5H2,1-3H3. The van der Waals surface area contributed by atoms with Crippen LogP contribution in [0.5, 0.6) is 0 Å². The molecule has 1 aliphatic rings. The lowest BCUT2D eigenvalue weighted by atomic mass is 9.80. The molecule has 1 rings (SSSR count). The molecule has 0 fully saturated rings. The van der Waals surface area contributed by atoms with Crippen LogP contribution in [0, 0.1) is 5.41 Å². The smallest absolute Gasteiger partial charge is 0.327 e. The Balaban J connectivity index is 3.00. The number of carbonyl (C=O) groups excluding carboxylic acids is 2. The van der Waals surface area contributed by atoms with Crippen molar-refractivity contribution < 1.29 is 14.3 Å². The molecule has 5 heteroatoms. The van der Waals surface area contributed by atoms with E-state index in [2.05, 4.69) is 10.5 Å². The van der Waals surface area contributed by atoms with Gasteiger partial charge < -0.3 is 10.2 Å². The first-order valence-corrected chi connectivity index (χ1v) is 4.51. The minimum absolute atomic E-state index is 0.201. The van der Waals surface area contributed by atoms with Crippen LogP contribution >= 0.6 is 0 Å². The summed E-state index contributed by atoms with van der Waals surface area (Å²) in [6, 6.07) is 0. The van der Waals surface area contributed by atoms with Gasteiger partial charge in [-0.3, -0.25) is 9.59 Å². The Labute approximate surface area is 82.5 Å². The van der Waals surface area contributed by atoms with Gasteiger partial charge >= 0.3 is 5.97 Å². The summed E-state index contributed by atoms with van der Waals surface area (Å²) >= 11 is 0. The highest BCUT2D eigenvalue weighted by Crippen LogP contribution is 2.25. The number of rotatable bonds is 3. The minimum atomic E-state index is -1.20. The molecule has 0 radical (unpaired) electrons. The van der Waals surface area contributed by atoms with Gasteiger partial charge in [-0.1, -0.05) is 0 Å². The van der Waals surface area contributed by atoms with Crippen LogP contribution in [-0.2, 0) is 14.3 Å². The summed E-state index contributed by atoms with van der Waals surface area (Å²) in [5, 5.41) is 3.86. The number of hydrogen-bond donors (Lipinski definition) is 1. The van der Waals surface area contributed by atoms with Crippen molar-refractivity contribution in [1.82, 2.24) is 5.43 Å². The Hall–Kier alpha value is -1.39. The van der Waals surface area contributed by atoms with Crippen molar-refractivity contribution in [2.75, 3.05) is 13.2 Å². The summed E-state index contributed by atoms with van der Waals surface area (Å²) in [5.74, 6) is -0.749. The lowest BCUT2D eigenvalue weighted by Gasteiger charge is -2.22. The van der Waals surface area contributed by atoms with Crippen molar-refractivity contribution in [3.63, 3.8) is 0 Å². The van der Waals surface area contributed by atoms with Crippen LogP contribution in [-0.4, -0.2) is 30.6 Å². The van der Waals surface area contributed by atoms with Crippen LogP contribution in [0.15, 0.2) is 5.10 Å². The third-order valence-corrected chi connectivity index (χ3v) is 2.43. The number of hydrazone groups is 1. The van der Waals surface area contributed by atoms with E-state index in [1.165, 1.54) is 6.92 Å². The number of carbonyl (C=O) groups is 2. The van der Waals surface area contributed by atoms with Gasteiger partial charge in [0.2, 0.25) is 0 Å². The van der Waals surface area contributed by atoms with E-state index in [1.807, 2.05) is 0 Å². The molecular weight excluding hydrogens is 184 g/mol. The lowest BCUT2D eigenvalue weighted by Crippen LogP contribution is -2.47. The second kappa shape index (κ2) is 3.77. The maximum absolute atomic E-state index is 11.7. The Kier molecular flexibility index (Phi) is 2.88. The zero-order chi connectivity index (χ0) is 10.8.